The SMILES string of the molecule is [2H]c1cccc2c1CNC2=O. The van der Waals surface area contributed by atoms with Crippen molar-refractivity contribution in [3.8, 4) is 0 Å². The molecule has 1 N–H and O–H groups in total. The minimum absolute atomic E-state index is 0.0610. The van der Waals surface area contributed by atoms with Crippen LogP contribution in [0.1, 0.15) is 17.3 Å². The van der Waals surface area contributed by atoms with Crippen LogP contribution in [0.2, 0.25) is 0 Å². The van der Waals surface area contributed by atoms with E-state index in [0.29, 0.717) is 18.2 Å². The fraction of sp³-hybridized carbons (Fsp3) is 0.125. The Morgan fingerprint density at radius 1 is 1.60 bits per heavy atom. The Morgan fingerprint density at radius 3 is 3.30 bits per heavy atom. The van der Waals surface area contributed by atoms with E-state index in [2.05, 4.69) is 5.32 Å². The quantitative estimate of drug-likeness (QED) is 0.562. The summed E-state index contributed by atoms with van der Waals surface area (Å²) in [5.41, 5.74) is 1.47. The van der Waals surface area contributed by atoms with Gasteiger partial charge in [-0.25, -0.2) is 0 Å². The molecule has 1 amide bonds. The third-order valence-electron chi connectivity index (χ3n) is 1.61. The lowest BCUT2D eigenvalue weighted by Gasteiger charge is -1.89. The molecule has 1 heterocycles. The summed E-state index contributed by atoms with van der Waals surface area (Å²) in [7, 11) is 0. The van der Waals surface area contributed by atoms with Crippen molar-refractivity contribution < 1.29 is 6.17 Å². The van der Waals surface area contributed by atoms with Gasteiger partial charge in [-0.3, -0.25) is 4.79 Å². The normalized spacial score (nSPS) is 16.0. The standard InChI is InChI=1S/C8H7NO/c10-8-7-4-2-1-3-6(7)5-9-8/h1-4H,5H2,(H,9,10)/i3D. The van der Waals surface area contributed by atoms with E-state index in [1.165, 1.54) is 0 Å². The number of hydrogen-bond donors (Lipinski definition) is 1. The molecule has 0 saturated heterocycles. The maximum atomic E-state index is 11.0. The third-order valence-corrected chi connectivity index (χ3v) is 1.61. The van der Waals surface area contributed by atoms with E-state index in [1.54, 1.807) is 18.2 Å². The van der Waals surface area contributed by atoms with Gasteiger partial charge >= 0.3 is 0 Å². The summed E-state index contributed by atoms with van der Waals surface area (Å²) in [6.07, 6.45) is 0. The second-order valence-corrected chi connectivity index (χ2v) is 2.25. The second kappa shape index (κ2) is 1.84. The first-order chi connectivity index (χ1) is 5.29. The summed E-state index contributed by atoms with van der Waals surface area (Å²) >= 11 is 0. The van der Waals surface area contributed by atoms with Gasteiger partial charge in [-0.2, -0.15) is 0 Å². The lowest BCUT2D eigenvalue weighted by Crippen LogP contribution is -2.12. The van der Waals surface area contributed by atoms with Crippen molar-refractivity contribution in [2.45, 2.75) is 6.54 Å². The lowest BCUT2D eigenvalue weighted by atomic mass is 10.1. The van der Waals surface area contributed by atoms with Crippen LogP contribution >= 0.6 is 0 Å². The first kappa shape index (κ1) is 4.50. The summed E-state index contributed by atoms with van der Waals surface area (Å²) < 4.78 is 7.45. The van der Waals surface area contributed by atoms with Gasteiger partial charge in [0.05, 0.1) is 1.37 Å². The van der Waals surface area contributed by atoms with Crippen molar-refractivity contribution in [2.24, 2.45) is 0 Å². The first-order valence-electron chi connectivity index (χ1n) is 3.66. The van der Waals surface area contributed by atoms with Crippen LogP contribution in [0.3, 0.4) is 0 Å². The van der Waals surface area contributed by atoms with Crippen LogP contribution in [-0.2, 0) is 6.54 Å². The van der Waals surface area contributed by atoms with E-state index in [9.17, 15) is 4.79 Å². The van der Waals surface area contributed by atoms with Gasteiger partial charge in [0.25, 0.3) is 5.91 Å². The number of rotatable bonds is 0. The highest BCUT2D eigenvalue weighted by Crippen LogP contribution is 2.13. The lowest BCUT2D eigenvalue weighted by molar-refractivity contribution is 0.0966. The topological polar surface area (TPSA) is 29.1 Å². The van der Waals surface area contributed by atoms with Crippen molar-refractivity contribution >= 4 is 5.91 Å². The van der Waals surface area contributed by atoms with Crippen LogP contribution in [0, 0.1) is 0 Å². The highest BCUT2D eigenvalue weighted by atomic mass is 16.1. The molecular formula is C8H7NO. The Morgan fingerprint density at radius 2 is 2.50 bits per heavy atom. The number of nitrogens with one attached hydrogen (secondary N) is 1. The van der Waals surface area contributed by atoms with Crippen molar-refractivity contribution in [1.82, 2.24) is 5.32 Å². The number of carbonyl (C=O) groups is 1. The summed E-state index contributed by atoms with van der Waals surface area (Å²) in [5.74, 6) is -0.0610. The average Bonchev–Trinajstić information content (AvgIpc) is 2.35. The molecule has 0 fully saturated rings. The van der Waals surface area contributed by atoms with E-state index in [-0.39, 0.29) is 5.91 Å². The first-order valence-corrected chi connectivity index (χ1v) is 3.16. The van der Waals surface area contributed by atoms with Crippen LogP contribution in [0.4, 0.5) is 0 Å². The van der Waals surface area contributed by atoms with Crippen LogP contribution in [0.5, 0.6) is 0 Å². The molecule has 0 bridgehead atoms. The molecule has 0 atom stereocenters. The number of carbonyl (C=O) groups excluding carboxylic acids is 1. The Bertz CT molecular complexity index is 322. The van der Waals surface area contributed by atoms with E-state index in [0.717, 1.165) is 5.56 Å². The molecule has 0 unspecified atom stereocenters. The molecule has 2 heteroatoms. The van der Waals surface area contributed by atoms with E-state index < -0.39 is 0 Å². The average molecular weight is 134 g/mol. The molecule has 10 heavy (non-hydrogen) atoms. The molecule has 0 aliphatic carbocycles. The Kier molecular flexibility index (Phi) is 0.826. The number of fused-ring (bicyclic) bond motifs is 1. The molecule has 2 nitrogen and oxygen atoms in total. The Labute approximate surface area is 60.3 Å². The fourth-order valence-electron chi connectivity index (χ4n) is 1.09. The van der Waals surface area contributed by atoms with Gasteiger partial charge in [0.15, 0.2) is 0 Å². The highest BCUT2D eigenvalue weighted by molar-refractivity contribution is 5.98. The van der Waals surface area contributed by atoms with E-state index >= 15 is 0 Å². The third kappa shape index (κ3) is 0.620. The summed E-state index contributed by atoms with van der Waals surface area (Å²) in [6, 6.07) is 5.61. The molecule has 0 aromatic heterocycles. The Balaban J connectivity index is 2.66. The van der Waals surface area contributed by atoms with Crippen molar-refractivity contribution in [3.05, 3.63) is 35.4 Å². The molecular weight excluding hydrogens is 126 g/mol. The zero-order valence-corrected chi connectivity index (χ0v) is 5.35. The van der Waals surface area contributed by atoms with Gasteiger partial charge in [-0.15, -0.1) is 0 Å². The van der Waals surface area contributed by atoms with Gasteiger partial charge in [0.1, 0.15) is 0 Å². The number of hydrogen-bond acceptors (Lipinski definition) is 1. The summed E-state index contributed by atoms with van der Waals surface area (Å²) in [6.45, 7) is 0.508. The minimum Gasteiger partial charge on any atom is -0.348 e. The van der Waals surface area contributed by atoms with Gasteiger partial charge in [-0.05, 0) is 11.6 Å². The predicted octanol–water partition coefficient (Wildman–Crippen LogP) is 0.930. The maximum Gasteiger partial charge on any atom is 0.251 e. The zero-order valence-electron chi connectivity index (χ0n) is 6.35. The van der Waals surface area contributed by atoms with E-state index in [4.69, 9.17) is 1.37 Å². The predicted molar refractivity (Wildman–Crippen MR) is 37.6 cm³/mol. The summed E-state index contributed by atoms with van der Waals surface area (Å²) in [5, 5.41) is 2.67. The molecule has 50 valence electrons. The molecule has 0 radical (unpaired) electrons. The van der Waals surface area contributed by atoms with Gasteiger partial charge in [0, 0.05) is 12.1 Å². The monoisotopic (exact) mass is 134 g/mol. The van der Waals surface area contributed by atoms with Crippen LogP contribution in [-0.4, -0.2) is 5.91 Å². The molecule has 0 saturated carbocycles. The van der Waals surface area contributed by atoms with Crippen LogP contribution in [0.25, 0.3) is 0 Å². The Hall–Kier alpha value is -1.31. The van der Waals surface area contributed by atoms with Crippen molar-refractivity contribution in [3.63, 3.8) is 0 Å². The molecule has 1 aliphatic rings. The second-order valence-electron chi connectivity index (χ2n) is 2.25. The highest BCUT2D eigenvalue weighted by Gasteiger charge is 2.16. The number of amides is 1. The molecule has 1 aromatic rings. The van der Waals surface area contributed by atoms with Gasteiger partial charge < -0.3 is 5.32 Å². The maximum absolute atomic E-state index is 11.0. The molecule has 1 aliphatic heterocycles. The van der Waals surface area contributed by atoms with Crippen LogP contribution < -0.4 is 5.32 Å². The van der Waals surface area contributed by atoms with Crippen LogP contribution in [0.15, 0.2) is 24.2 Å². The van der Waals surface area contributed by atoms with Gasteiger partial charge in [0.2, 0.25) is 0 Å². The zero-order chi connectivity index (χ0) is 7.84. The number of benzene rings is 1. The van der Waals surface area contributed by atoms with Crippen molar-refractivity contribution in [1.29, 1.82) is 0 Å². The van der Waals surface area contributed by atoms with Crippen molar-refractivity contribution in [2.75, 3.05) is 0 Å². The fourth-order valence-corrected chi connectivity index (χ4v) is 1.09. The van der Waals surface area contributed by atoms with Gasteiger partial charge in [-0.1, -0.05) is 18.2 Å². The largest absolute Gasteiger partial charge is 0.348 e. The summed E-state index contributed by atoms with van der Waals surface area (Å²) in [4.78, 5) is 11.0. The molecule has 0 spiro atoms. The molecule has 2 rings (SSSR count). The van der Waals surface area contributed by atoms with E-state index in [1.807, 2.05) is 0 Å². The molecule has 1 aromatic carbocycles. The minimum atomic E-state index is -0.0610. The smallest absolute Gasteiger partial charge is 0.251 e.